The average molecular weight is 530 g/mol. The molecule has 0 amide bonds. The number of alkyl halides is 3. The Morgan fingerprint density at radius 1 is 0.946 bits per heavy atom. The van der Waals surface area contributed by atoms with Crippen LogP contribution in [0.4, 0.5) is 36.3 Å². The molecule has 6 nitrogen and oxygen atoms in total. The van der Waals surface area contributed by atoms with Crippen LogP contribution in [0.5, 0.6) is 0 Å². The smallest absolute Gasteiger partial charge is 0.368 e. The van der Waals surface area contributed by atoms with E-state index in [2.05, 4.69) is 19.2 Å². The predicted molar refractivity (Wildman–Crippen MR) is 139 cm³/mol. The summed E-state index contributed by atoms with van der Waals surface area (Å²) >= 11 is 6.02. The van der Waals surface area contributed by atoms with Crippen LogP contribution < -0.4 is 15.1 Å². The van der Waals surface area contributed by atoms with Gasteiger partial charge < -0.3 is 15.1 Å². The minimum Gasteiger partial charge on any atom is -0.368 e. The van der Waals surface area contributed by atoms with Crippen LogP contribution in [-0.2, 0) is 12.6 Å². The van der Waals surface area contributed by atoms with E-state index < -0.39 is 11.7 Å². The number of rotatable bonds is 4. The van der Waals surface area contributed by atoms with Crippen molar-refractivity contribution in [2.75, 3.05) is 41.3 Å². The van der Waals surface area contributed by atoms with Crippen LogP contribution in [0.2, 0.25) is 5.02 Å². The molecule has 1 saturated heterocycles. The van der Waals surface area contributed by atoms with Crippen LogP contribution in [0, 0.1) is 5.41 Å². The van der Waals surface area contributed by atoms with E-state index in [1.807, 2.05) is 21.9 Å². The molecule has 5 rings (SSSR count). The van der Waals surface area contributed by atoms with Crippen molar-refractivity contribution in [2.24, 2.45) is 5.41 Å². The molecule has 0 bridgehead atoms. The molecule has 0 unspecified atom stereocenters. The molecule has 1 aliphatic heterocycles. The second-order valence-corrected chi connectivity index (χ2v) is 10.7. The molecule has 194 valence electrons. The Bertz CT molecular complexity index is 1320. The SMILES string of the molecule is CC1(C)CC(=O)c2c(nc(N3CCN(c4cccc(C(F)(F)F)c4)CC3)nc2Nc2ccc(Cl)cc2)C1. The van der Waals surface area contributed by atoms with Crippen LogP contribution in [0.15, 0.2) is 48.5 Å². The summed E-state index contributed by atoms with van der Waals surface area (Å²) in [6, 6.07) is 12.6. The van der Waals surface area contributed by atoms with Crippen LogP contribution in [0.3, 0.4) is 0 Å². The highest BCUT2D eigenvalue weighted by atomic mass is 35.5. The molecule has 0 spiro atoms. The molecule has 1 fully saturated rings. The molecule has 1 aromatic heterocycles. The lowest BCUT2D eigenvalue weighted by atomic mass is 9.75. The van der Waals surface area contributed by atoms with Gasteiger partial charge in [-0.2, -0.15) is 18.2 Å². The van der Waals surface area contributed by atoms with Crippen molar-refractivity contribution < 1.29 is 18.0 Å². The Morgan fingerprint density at radius 3 is 2.30 bits per heavy atom. The molecule has 10 heteroatoms. The van der Waals surface area contributed by atoms with Crippen molar-refractivity contribution in [1.82, 2.24) is 9.97 Å². The van der Waals surface area contributed by atoms with Crippen molar-refractivity contribution in [2.45, 2.75) is 32.9 Å². The number of Topliss-reactive ketones (excluding diaryl/α,β-unsaturated/α-hetero) is 1. The number of benzene rings is 2. The van der Waals surface area contributed by atoms with Crippen molar-refractivity contribution in [3.63, 3.8) is 0 Å². The minimum absolute atomic E-state index is 0.00336. The summed E-state index contributed by atoms with van der Waals surface area (Å²) < 4.78 is 39.5. The zero-order valence-electron chi connectivity index (χ0n) is 20.6. The van der Waals surface area contributed by atoms with Gasteiger partial charge in [-0.15, -0.1) is 0 Å². The first-order valence-electron chi connectivity index (χ1n) is 12.1. The molecule has 1 N–H and O–H groups in total. The van der Waals surface area contributed by atoms with Gasteiger partial charge >= 0.3 is 6.18 Å². The maximum absolute atomic E-state index is 13.2. The molecule has 2 aliphatic rings. The molecule has 2 aromatic carbocycles. The minimum atomic E-state index is -4.38. The lowest BCUT2D eigenvalue weighted by Gasteiger charge is -2.37. The number of nitrogens with zero attached hydrogens (tertiary/aromatic N) is 4. The van der Waals surface area contributed by atoms with E-state index in [0.29, 0.717) is 72.8 Å². The number of ketones is 1. The van der Waals surface area contributed by atoms with Gasteiger partial charge in [-0.25, -0.2) is 4.98 Å². The van der Waals surface area contributed by atoms with Crippen molar-refractivity contribution in [3.8, 4) is 0 Å². The molecule has 0 radical (unpaired) electrons. The number of fused-ring (bicyclic) bond motifs is 1. The number of halogens is 4. The Morgan fingerprint density at radius 2 is 1.62 bits per heavy atom. The number of carbonyl (C=O) groups is 1. The van der Waals surface area contributed by atoms with E-state index in [9.17, 15) is 18.0 Å². The van der Waals surface area contributed by atoms with E-state index in [1.165, 1.54) is 12.1 Å². The third kappa shape index (κ3) is 5.51. The highest BCUT2D eigenvalue weighted by molar-refractivity contribution is 6.30. The van der Waals surface area contributed by atoms with Gasteiger partial charge in [0, 0.05) is 49.0 Å². The Hall–Kier alpha value is -3.33. The number of aromatic nitrogens is 2. The van der Waals surface area contributed by atoms with Gasteiger partial charge in [-0.1, -0.05) is 31.5 Å². The Kier molecular flexibility index (Phi) is 6.52. The third-order valence-electron chi connectivity index (χ3n) is 6.74. The first-order valence-corrected chi connectivity index (χ1v) is 12.5. The van der Waals surface area contributed by atoms with Gasteiger partial charge in [-0.3, -0.25) is 4.79 Å². The summed E-state index contributed by atoms with van der Waals surface area (Å²) in [5.41, 5.74) is 1.65. The van der Waals surface area contributed by atoms with Gasteiger partial charge in [0.2, 0.25) is 5.95 Å². The van der Waals surface area contributed by atoms with E-state index in [0.717, 1.165) is 11.8 Å². The van der Waals surface area contributed by atoms with Gasteiger partial charge in [0.15, 0.2) is 5.78 Å². The first kappa shape index (κ1) is 25.3. The van der Waals surface area contributed by atoms with Crippen molar-refractivity contribution in [1.29, 1.82) is 0 Å². The maximum Gasteiger partial charge on any atom is 0.416 e. The van der Waals surface area contributed by atoms with Crippen LogP contribution in [0.25, 0.3) is 0 Å². The van der Waals surface area contributed by atoms with E-state index in [-0.39, 0.29) is 11.2 Å². The van der Waals surface area contributed by atoms with Crippen molar-refractivity contribution in [3.05, 3.63) is 70.4 Å². The molecular weight excluding hydrogens is 503 g/mol. The quantitative estimate of drug-likeness (QED) is 0.423. The molecule has 3 aromatic rings. The van der Waals surface area contributed by atoms with Crippen LogP contribution in [0.1, 0.15) is 41.9 Å². The molecule has 37 heavy (non-hydrogen) atoms. The Balaban J connectivity index is 1.41. The van der Waals surface area contributed by atoms with Gasteiger partial charge in [-0.05, 0) is 54.3 Å². The third-order valence-corrected chi connectivity index (χ3v) is 7.00. The van der Waals surface area contributed by atoms with Crippen molar-refractivity contribution >= 4 is 40.5 Å². The number of carbonyl (C=O) groups excluding carboxylic acids is 1. The fraction of sp³-hybridized carbons (Fsp3) is 0.370. The predicted octanol–water partition coefficient (Wildman–Crippen LogP) is 6.37. The summed E-state index contributed by atoms with van der Waals surface area (Å²) in [6.07, 6.45) is -3.33. The summed E-state index contributed by atoms with van der Waals surface area (Å²) in [4.78, 5) is 26.6. The Labute approximate surface area is 218 Å². The standard InChI is InChI=1S/C27H27ClF3N5O/c1-26(2)15-21-23(22(37)16-26)24(32-19-8-6-18(28)7-9-19)34-25(33-21)36-12-10-35(11-13-36)20-5-3-4-17(14-20)27(29,30)31/h3-9,14H,10-13,15-16H2,1-2H3,(H,32,33,34). The number of anilines is 4. The fourth-order valence-electron chi connectivity index (χ4n) is 4.90. The molecule has 0 saturated carbocycles. The summed E-state index contributed by atoms with van der Waals surface area (Å²) in [5, 5.41) is 3.88. The van der Waals surface area contributed by atoms with Crippen LogP contribution in [-0.4, -0.2) is 41.9 Å². The molecule has 1 aliphatic carbocycles. The van der Waals surface area contributed by atoms with Gasteiger partial charge in [0.25, 0.3) is 0 Å². The first-order chi connectivity index (χ1) is 17.5. The van der Waals surface area contributed by atoms with E-state index >= 15 is 0 Å². The maximum atomic E-state index is 13.2. The molecule has 0 atom stereocenters. The molecular formula is C27H27ClF3N5O. The largest absolute Gasteiger partial charge is 0.416 e. The number of hydrogen-bond acceptors (Lipinski definition) is 6. The lowest BCUT2D eigenvalue weighted by Crippen LogP contribution is -2.47. The normalized spacial score (nSPS) is 17.5. The zero-order chi connectivity index (χ0) is 26.4. The zero-order valence-corrected chi connectivity index (χ0v) is 21.3. The second kappa shape index (κ2) is 9.52. The summed E-state index contributed by atoms with van der Waals surface area (Å²) in [5.74, 6) is 0.969. The lowest BCUT2D eigenvalue weighted by molar-refractivity contribution is -0.137. The topological polar surface area (TPSA) is 61.4 Å². The fourth-order valence-corrected chi connectivity index (χ4v) is 5.03. The molecule has 2 heterocycles. The van der Waals surface area contributed by atoms with E-state index in [1.54, 1.807) is 18.2 Å². The van der Waals surface area contributed by atoms with Crippen LogP contribution >= 0.6 is 11.6 Å². The average Bonchev–Trinajstić information content (AvgIpc) is 2.84. The summed E-state index contributed by atoms with van der Waals surface area (Å²) in [6.45, 7) is 6.21. The highest BCUT2D eigenvalue weighted by Crippen LogP contribution is 2.38. The number of hydrogen-bond donors (Lipinski definition) is 1. The van der Waals surface area contributed by atoms with E-state index in [4.69, 9.17) is 21.6 Å². The number of piperazine rings is 1. The van der Waals surface area contributed by atoms with Gasteiger partial charge in [0.1, 0.15) is 5.82 Å². The highest BCUT2D eigenvalue weighted by Gasteiger charge is 2.36. The number of nitrogens with one attached hydrogen (secondary N) is 1. The summed E-state index contributed by atoms with van der Waals surface area (Å²) in [7, 11) is 0. The monoisotopic (exact) mass is 529 g/mol. The second-order valence-electron chi connectivity index (χ2n) is 10.3. The van der Waals surface area contributed by atoms with Gasteiger partial charge in [0.05, 0.1) is 16.8 Å².